The van der Waals surface area contributed by atoms with Crippen LogP contribution in [-0.4, -0.2) is 24.3 Å². The predicted molar refractivity (Wildman–Crippen MR) is 80.2 cm³/mol. The lowest BCUT2D eigenvalue weighted by atomic mass is 10.0. The number of aliphatic imine (C=N–C) groups is 1. The standard InChI is InChI=1S/C17H18N2/c1-13-10-15(11-14-6-4-3-5-7-14)8-9-16(13)18-17-12-19(17)2/h3-10H,11-12H2,1-2H3. The summed E-state index contributed by atoms with van der Waals surface area (Å²) in [6.45, 7) is 3.14. The summed E-state index contributed by atoms with van der Waals surface area (Å²) in [5.41, 5.74) is 5.04. The molecule has 2 aromatic rings. The highest BCUT2D eigenvalue weighted by atomic mass is 15.3. The van der Waals surface area contributed by atoms with Crippen molar-refractivity contribution in [3.05, 3.63) is 65.2 Å². The van der Waals surface area contributed by atoms with Crippen molar-refractivity contribution in [2.45, 2.75) is 13.3 Å². The van der Waals surface area contributed by atoms with Gasteiger partial charge < -0.3 is 4.90 Å². The summed E-state index contributed by atoms with van der Waals surface area (Å²) >= 11 is 0. The maximum absolute atomic E-state index is 4.64. The van der Waals surface area contributed by atoms with Crippen molar-refractivity contribution < 1.29 is 0 Å². The smallest absolute Gasteiger partial charge is 0.125 e. The molecular weight excluding hydrogens is 232 g/mol. The van der Waals surface area contributed by atoms with Crippen molar-refractivity contribution in [1.82, 2.24) is 4.90 Å². The molecule has 96 valence electrons. The minimum Gasteiger partial charge on any atom is -0.354 e. The molecule has 1 heterocycles. The van der Waals surface area contributed by atoms with Crippen molar-refractivity contribution in [3.63, 3.8) is 0 Å². The Bertz CT molecular complexity index is 614. The molecule has 0 aliphatic carbocycles. The van der Waals surface area contributed by atoms with Gasteiger partial charge in [0, 0.05) is 7.05 Å². The third-order valence-electron chi connectivity index (χ3n) is 3.48. The maximum Gasteiger partial charge on any atom is 0.125 e. The van der Waals surface area contributed by atoms with E-state index in [0.717, 1.165) is 18.7 Å². The number of aryl methyl sites for hydroxylation is 1. The second-order valence-corrected chi connectivity index (χ2v) is 5.17. The highest BCUT2D eigenvalue weighted by Gasteiger charge is 2.21. The number of hydrogen-bond acceptors (Lipinski definition) is 1. The van der Waals surface area contributed by atoms with Crippen LogP contribution in [0.1, 0.15) is 16.7 Å². The molecule has 0 aromatic heterocycles. The van der Waals surface area contributed by atoms with Crippen molar-refractivity contribution in [2.75, 3.05) is 13.6 Å². The van der Waals surface area contributed by atoms with Crippen LogP contribution in [0.25, 0.3) is 0 Å². The minimum absolute atomic E-state index is 0.985. The van der Waals surface area contributed by atoms with Crippen LogP contribution in [0.2, 0.25) is 0 Å². The summed E-state index contributed by atoms with van der Waals surface area (Å²) in [5.74, 6) is 1.18. The average Bonchev–Trinajstić information content (AvgIpc) is 3.10. The van der Waals surface area contributed by atoms with Crippen LogP contribution in [0.5, 0.6) is 0 Å². The lowest BCUT2D eigenvalue weighted by molar-refractivity contribution is 0.761. The van der Waals surface area contributed by atoms with Gasteiger partial charge in [-0.25, -0.2) is 4.99 Å². The fourth-order valence-electron chi connectivity index (χ4n) is 2.22. The molecule has 0 amide bonds. The van der Waals surface area contributed by atoms with Crippen LogP contribution in [-0.2, 0) is 6.42 Å². The highest BCUT2D eigenvalue weighted by Crippen LogP contribution is 2.23. The predicted octanol–water partition coefficient (Wildman–Crippen LogP) is 3.56. The van der Waals surface area contributed by atoms with Gasteiger partial charge in [-0.3, -0.25) is 0 Å². The van der Waals surface area contributed by atoms with Crippen LogP contribution in [0.4, 0.5) is 5.69 Å². The highest BCUT2D eigenvalue weighted by molar-refractivity contribution is 5.99. The third kappa shape index (κ3) is 2.84. The topological polar surface area (TPSA) is 15.4 Å². The Labute approximate surface area is 114 Å². The van der Waals surface area contributed by atoms with Gasteiger partial charge >= 0.3 is 0 Å². The van der Waals surface area contributed by atoms with Gasteiger partial charge in [-0.05, 0) is 36.1 Å². The summed E-state index contributed by atoms with van der Waals surface area (Å²) in [5, 5.41) is 0. The molecule has 3 rings (SSSR count). The molecule has 0 spiro atoms. The van der Waals surface area contributed by atoms with Gasteiger partial charge in [0.2, 0.25) is 0 Å². The summed E-state index contributed by atoms with van der Waals surface area (Å²) in [6.07, 6.45) is 0.985. The molecule has 19 heavy (non-hydrogen) atoms. The minimum atomic E-state index is 0.985. The first-order valence-corrected chi connectivity index (χ1v) is 6.64. The van der Waals surface area contributed by atoms with E-state index < -0.39 is 0 Å². The zero-order valence-electron chi connectivity index (χ0n) is 11.4. The summed E-state index contributed by atoms with van der Waals surface area (Å²) in [7, 11) is 2.07. The van der Waals surface area contributed by atoms with Gasteiger partial charge in [0.1, 0.15) is 5.84 Å². The Hall–Kier alpha value is -2.09. The second kappa shape index (κ2) is 4.88. The molecule has 1 saturated heterocycles. The maximum atomic E-state index is 4.64. The largest absolute Gasteiger partial charge is 0.354 e. The summed E-state index contributed by atoms with van der Waals surface area (Å²) < 4.78 is 0. The number of hydrogen-bond donors (Lipinski definition) is 0. The van der Waals surface area contributed by atoms with Gasteiger partial charge in [0.05, 0.1) is 12.2 Å². The SMILES string of the molecule is Cc1cc(Cc2ccccc2)ccc1N=C1CN1C. The summed E-state index contributed by atoms with van der Waals surface area (Å²) in [4.78, 5) is 6.79. The monoisotopic (exact) mass is 250 g/mol. The quantitative estimate of drug-likeness (QED) is 0.760. The first kappa shape index (κ1) is 12.0. The molecular formula is C17H18N2. The van der Waals surface area contributed by atoms with Gasteiger partial charge in [0.25, 0.3) is 0 Å². The number of benzene rings is 2. The van der Waals surface area contributed by atoms with E-state index in [1.165, 1.54) is 22.5 Å². The number of nitrogens with zero attached hydrogens (tertiary/aromatic N) is 2. The Balaban J connectivity index is 1.80. The molecule has 0 unspecified atom stereocenters. The Morgan fingerprint density at radius 2 is 1.79 bits per heavy atom. The van der Waals surface area contributed by atoms with E-state index in [-0.39, 0.29) is 0 Å². The molecule has 2 heteroatoms. The molecule has 0 radical (unpaired) electrons. The third-order valence-corrected chi connectivity index (χ3v) is 3.48. The normalized spacial score (nSPS) is 15.9. The van der Waals surface area contributed by atoms with Gasteiger partial charge in [0.15, 0.2) is 0 Å². The molecule has 0 bridgehead atoms. The van der Waals surface area contributed by atoms with E-state index in [4.69, 9.17) is 0 Å². The second-order valence-electron chi connectivity index (χ2n) is 5.17. The van der Waals surface area contributed by atoms with E-state index in [9.17, 15) is 0 Å². The van der Waals surface area contributed by atoms with Crippen molar-refractivity contribution >= 4 is 11.5 Å². The lowest BCUT2D eigenvalue weighted by Gasteiger charge is -2.05. The van der Waals surface area contributed by atoms with E-state index in [1.54, 1.807) is 0 Å². The van der Waals surface area contributed by atoms with Crippen LogP contribution in [0.3, 0.4) is 0 Å². The molecule has 0 atom stereocenters. The van der Waals surface area contributed by atoms with E-state index in [2.05, 4.69) is 72.4 Å². The van der Waals surface area contributed by atoms with Crippen molar-refractivity contribution in [3.8, 4) is 0 Å². The molecule has 1 fully saturated rings. The lowest BCUT2D eigenvalue weighted by Crippen LogP contribution is -1.89. The summed E-state index contributed by atoms with van der Waals surface area (Å²) in [6, 6.07) is 17.1. The van der Waals surface area contributed by atoms with Gasteiger partial charge in [-0.2, -0.15) is 0 Å². The van der Waals surface area contributed by atoms with Crippen LogP contribution in [0, 0.1) is 6.92 Å². The Morgan fingerprint density at radius 3 is 2.42 bits per heavy atom. The zero-order chi connectivity index (χ0) is 13.2. The molecule has 1 aliphatic rings. The van der Waals surface area contributed by atoms with E-state index in [1.807, 2.05) is 0 Å². The van der Waals surface area contributed by atoms with E-state index in [0.29, 0.717) is 0 Å². The van der Waals surface area contributed by atoms with Crippen molar-refractivity contribution in [2.24, 2.45) is 4.99 Å². The van der Waals surface area contributed by atoms with Crippen molar-refractivity contribution in [1.29, 1.82) is 0 Å². The molecule has 0 saturated carbocycles. The Morgan fingerprint density at radius 1 is 1.05 bits per heavy atom. The van der Waals surface area contributed by atoms with Crippen LogP contribution in [0.15, 0.2) is 53.5 Å². The van der Waals surface area contributed by atoms with Crippen LogP contribution < -0.4 is 0 Å². The van der Waals surface area contributed by atoms with Gasteiger partial charge in [-0.15, -0.1) is 0 Å². The Kier molecular flexibility index (Phi) is 3.08. The van der Waals surface area contributed by atoms with Crippen LogP contribution >= 0.6 is 0 Å². The first-order chi connectivity index (χ1) is 9.22. The molecule has 1 aliphatic heterocycles. The number of likely N-dealkylation sites (N-methyl/N-ethyl adjacent to an activating group) is 1. The molecule has 2 aromatic carbocycles. The number of amidine groups is 1. The number of rotatable bonds is 3. The fourth-order valence-corrected chi connectivity index (χ4v) is 2.22. The molecule has 0 N–H and O–H groups in total. The first-order valence-electron chi connectivity index (χ1n) is 6.64. The van der Waals surface area contributed by atoms with E-state index >= 15 is 0 Å². The fraction of sp³-hybridized carbons (Fsp3) is 0.235. The van der Waals surface area contributed by atoms with Gasteiger partial charge in [-0.1, -0.05) is 42.5 Å². The average molecular weight is 250 g/mol. The zero-order valence-corrected chi connectivity index (χ0v) is 11.4. The molecule has 2 nitrogen and oxygen atoms in total.